The van der Waals surface area contributed by atoms with Crippen molar-refractivity contribution in [2.75, 3.05) is 20.2 Å². The van der Waals surface area contributed by atoms with Crippen molar-refractivity contribution in [1.29, 1.82) is 0 Å². The average molecular weight is 450 g/mol. The molecule has 0 bridgehead atoms. The van der Waals surface area contributed by atoms with Crippen LogP contribution in [0.4, 0.5) is 0 Å². The van der Waals surface area contributed by atoms with Crippen LogP contribution >= 0.6 is 0 Å². The Morgan fingerprint density at radius 1 is 1.12 bits per heavy atom. The number of nitrogens with zero attached hydrogens (tertiary/aromatic N) is 3. The number of aliphatic hydroxyl groups excluding tert-OH is 1. The normalized spacial score (nSPS) is 12.0. The number of methoxy groups -OCH3 is 1. The van der Waals surface area contributed by atoms with Crippen molar-refractivity contribution in [1.82, 2.24) is 14.7 Å². The number of hydrogen-bond acceptors (Lipinski definition) is 5. The minimum Gasteiger partial charge on any atom is -0.497 e. The number of ether oxygens (including phenoxy) is 2. The number of benzene rings is 2. The van der Waals surface area contributed by atoms with Gasteiger partial charge in [-0.3, -0.25) is 4.90 Å². The van der Waals surface area contributed by atoms with Crippen molar-refractivity contribution in [3.8, 4) is 23.1 Å². The first-order chi connectivity index (χ1) is 16.0. The van der Waals surface area contributed by atoms with E-state index in [1.165, 1.54) is 0 Å². The molecule has 6 heteroatoms. The monoisotopic (exact) mass is 449 g/mol. The third kappa shape index (κ3) is 6.70. The van der Waals surface area contributed by atoms with Gasteiger partial charge in [0, 0.05) is 13.1 Å². The topological polar surface area (TPSA) is 59.8 Å². The molecule has 0 saturated heterocycles. The van der Waals surface area contributed by atoms with E-state index in [9.17, 15) is 5.11 Å². The molecule has 0 radical (unpaired) electrons. The maximum Gasteiger partial charge on any atom is 0.227 e. The molecule has 0 aliphatic heterocycles. The average Bonchev–Trinajstić information content (AvgIpc) is 3.13. The quantitative estimate of drug-likeness (QED) is 0.348. The summed E-state index contributed by atoms with van der Waals surface area (Å²) in [6, 6.07) is 17.5. The maximum absolute atomic E-state index is 10.5. The second-order valence-corrected chi connectivity index (χ2v) is 8.15. The van der Waals surface area contributed by atoms with Crippen molar-refractivity contribution in [2.24, 2.45) is 0 Å². The summed E-state index contributed by atoms with van der Waals surface area (Å²) < 4.78 is 13.5. The van der Waals surface area contributed by atoms with Gasteiger partial charge < -0.3 is 14.6 Å². The van der Waals surface area contributed by atoms with Crippen molar-refractivity contribution in [3.05, 3.63) is 78.5 Å². The van der Waals surface area contributed by atoms with E-state index in [0.717, 1.165) is 42.1 Å². The van der Waals surface area contributed by atoms with E-state index in [2.05, 4.69) is 18.4 Å². The first-order valence-corrected chi connectivity index (χ1v) is 11.5. The molecule has 0 aliphatic rings. The Labute approximate surface area is 197 Å². The third-order valence-electron chi connectivity index (χ3n) is 5.51. The molecule has 1 heterocycles. The fourth-order valence-corrected chi connectivity index (χ4v) is 3.80. The summed E-state index contributed by atoms with van der Waals surface area (Å²) in [4.78, 5) is 2.27. The number of aliphatic hydroxyl groups is 1. The van der Waals surface area contributed by atoms with Crippen molar-refractivity contribution >= 4 is 0 Å². The Balaban J connectivity index is 1.94. The van der Waals surface area contributed by atoms with Gasteiger partial charge in [0.25, 0.3) is 0 Å². The van der Waals surface area contributed by atoms with E-state index in [0.29, 0.717) is 31.1 Å². The van der Waals surface area contributed by atoms with Crippen LogP contribution in [0.15, 0.2) is 67.3 Å². The van der Waals surface area contributed by atoms with Crippen LogP contribution in [-0.4, -0.2) is 46.1 Å². The van der Waals surface area contributed by atoms with Gasteiger partial charge >= 0.3 is 0 Å². The molecule has 0 fully saturated rings. The van der Waals surface area contributed by atoms with E-state index in [4.69, 9.17) is 14.6 Å². The molecule has 0 spiro atoms. The van der Waals surface area contributed by atoms with Crippen LogP contribution < -0.4 is 9.47 Å². The van der Waals surface area contributed by atoms with Crippen LogP contribution in [0.5, 0.6) is 17.4 Å². The van der Waals surface area contributed by atoms with Crippen LogP contribution in [0.1, 0.15) is 37.4 Å². The van der Waals surface area contributed by atoms with Crippen LogP contribution in [0.25, 0.3) is 5.69 Å². The Morgan fingerprint density at radius 3 is 2.45 bits per heavy atom. The highest BCUT2D eigenvalue weighted by atomic mass is 16.5. The van der Waals surface area contributed by atoms with Gasteiger partial charge in [0.15, 0.2) is 0 Å². The molecule has 33 heavy (non-hydrogen) atoms. The van der Waals surface area contributed by atoms with Crippen LogP contribution in [0.3, 0.4) is 0 Å². The molecule has 1 unspecified atom stereocenters. The Bertz CT molecular complexity index is 999. The summed E-state index contributed by atoms with van der Waals surface area (Å²) in [5, 5.41) is 15.3. The summed E-state index contributed by atoms with van der Waals surface area (Å²) in [7, 11) is 1.65. The van der Waals surface area contributed by atoms with Gasteiger partial charge in [0.05, 0.1) is 30.2 Å². The van der Waals surface area contributed by atoms with Gasteiger partial charge in [0.2, 0.25) is 5.88 Å². The zero-order chi connectivity index (χ0) is 23.6. The largest absolute Gasteiger partial charge is 0.497 e. The molecule has 3 aromatic rings. The van der Waals surface area contributed by atoms with E-state index in [1.807, 2.05) is 72.3 Å². The summed E-state index contributed by atoms with van der Waals surface area (Å²) >= 11 is 0. The lowest BCUT2D eigenvalue weighted by Gasteiger charge is -2.25. The molecule has 2 aromatic carbocycles. The lowest BCUT2D eigenvalue weighted by atomic mass is 10.1. The lowest BCUT2D eigenvalue weighted by Crippen LogP contribution is -2.33. The van der Waals surface area contributed by atoms with Crippen molar-refractivity contribution in [2.45, 2.75) is 45.8 Å². The standard InChI is InChI=1S/C27H35N3O3/c1-5-7-13-23(31)19-29(18-6-2)20-26-21(3)28-30(22-11-9-8-10-12-22)27(26)33-25-16-14-24(32-4)15-17-25/h5,8-12,14-17,23,31H,1,6-7,13,18-20H2,2-4H3. The number of aromatic nitrogens is 2. The zero-order valence-electron chi connectivity index (χ0n) is 19.9. The molecule has 0 amide bonds. The van der Waals surface area contributed by atoms with E-state index < -0.39 is 6.10 Å². The molecular weight excluding hydrogens is 414 g/mol. The van der Waals surface area contributed by atoms with Gasteiger partial charge in [-0.2, -0.15) is 5.10 Å². The summed E-state index contributed by atoms with van der Waals surface area (Å²) in [5.41, 5.74) is 2.85. The Morgan fingerprint density at radius 2 is 1.82 bits per heavy atom. The SMILES string of the molecule is C=CCCC(O)CN(CCC)Cc1c(C)nn(-c2ccccc2)c1Oc1ccc(OC)cc1. The van der Waals surface area contributed by atoms with Crippen molar-refractivity contribution < 1.29 is 14.6 Å². The molecule has 0 aliphatic carbocycles. The van der Waals surface area contributed by atoms with Gasteiger partial charge in [-0.25, -0.2) is 4.68 Å². The van der Waals surface area contributed by atoms with E-state index in [-0.39, 0.29) is 0 Å². The highest BCUT2D eigenvalue weighted by Crippen LogP contribution is 2.32. The highest BCUT2D eigenvalue weighted by molar-refractivity contribution is 5.44. The molecular formula is C27H35N3O3. The second kappa shape index (κ2) is 12.2. The molecule has 0 saturated carbocycles. The highest BCUT2D eigenvalue weighted by Gasteiger charge is 2.22. The van der Waals surface area contributed by atoms with E-state index in [1.54, 1.807) is 7.11 Å². The first-order valence-electron chi connectivity index (χ1n) is 11.5. The number of allylic oxidation sites excluding steroid dienone is 1. The minimum absolute atomic E-state index is 0.398. The smallest absolute Gasteiger partial charge is 0.227 e. The third-order valence-corrected chi connectivity index (χ3v) is 5.51. The molecule has 1 aromatic heterocycles. The summed E-state index contributed by atoms with van der Waals surface area (Å²) in [6.45, 7) is 10.0. The zero-order valence-corrected chi connectivity index (χ0v) is 19.9. The number of para-hydroxylation sites is 1. The minimum atomic E-state index is -0.398. The molecule has 6 nitrogen and oxygen atoms in total. The molecule has 1 N–H and O–H groups in total. The van der Waals surface area contributed by atoms with Crippen LogP contribution in [0, 0.1) is 6.92 Å². The van der Waals surface area contributed by atoms with Gasteiger partial charge in [-0.15, -0.1) is 6.58 Å². The molecule has 1 atom stereocenters. The fraction of sp³-hybridized carbons (Fsp3) is 0.370. The van der Waals surface area contributed by atoms with E-state index >= 15 is 0 Å². The predicted octanol–water partition coefficient (Wildman–Crippen LogP) is 5.52. The van der Waals surface area contributed by atoms with Gasteiger partial charge in [-0.1, -0.05) is 31.2 Å². The van der Waals surface area contributed by atoms with Crippen LogP contribution in [-0.2, 0) is 6.54 Å². The first kappa shape index (κ1) is 24.6. The maximum atomic E-state index is 10.5. The summed E-state index contributed by atoms with van der Waals surface area (Å²) in [5.74, 6) is 2.17. The second-order valence-electron chi connectivity index (χ2n) is 8.15. The van der Waals surface area contributed by atoms with Gasteiger partial charge in [-0.05, 0) is 69.1 Å². The summed E-state index contributed by atoms with van der Waals surface area (Å²) in [6.07, 6.45) is 3.96. The van der Waals surface area contributed by atoms with Crippen molar-refractivity contribution in [3.63, 3.8) is 0 Å². The van der Waals surface area contributed by atoms with Crippen LogP contribution in [0.2, 0.25) is 0 Å². The Hall–Kier alpha value is -3.09. The molecule has 3 rings (SSSR count). The molecule has 176 valence electrons. The lowest BCUT2D eigenvalue weighted by molar-refractivity contribution is 0.102. The Kier molecular flexibility index (Phi) is 9.10. The number of rotatable bonds is 13. The predicted molar refractivity (Wildman–Crippen MR) is 132 cm³/mol. The fourth-order valence-electron chi connectivity index (χ4n) is 3.80. The number of hydrogen-bond donors (Lipinski definition) is 1. The number of aryl methyl sites for hydroxylation is 1. The van der Waals surface area contributed by atoms with Gasteiger partial charge in [0.1, 0.15) is 11.5 Å².